The van der Waals surface area contributed by atoms with E-state index >= 15 is 4.39 Å². The predicted molar refractivity (Wildman–Crippen MR) is 118 cm³/mol. The smallest absolute Gasteiger partial charge is 0.326 e. The summed E-state index contributed by atoms with van der Waals surface area (Å²) in [5.74, 6) is 1.73. The lowest BCUT2D eigenvalue weighted by Gasteiger charge is -2.52. The van der Waals surface area contributed by atoms with Crippen molar-refractivity contribution in [3.63, 3.8) is 0 Å². The molecule has 3 N–H and O–H groups in total. The number of aryl methyl sites for hydroxylation is 1. The molecule has 3 aliphatic rings. The molecule has 3 aliphatic heterocycles. The van der Waals surface area contributed by atoms with Gasteiger partial charge in [0.1, 0.15) is 23.1 Å². The van der Waals surface area contributed by atoms with Crippen molar-refractivity contribution in [1.29, 1.82) is 0 Å². The minimum atomic E-state index is -0.200. The number of aromatic nitrogens is 5. The van der Waals surface area contributed by atoms with Crippen molar-refractivity contribution in [2.45, 2.75) is 37.9 Å². The van der Waals surface area contributed by atoms with Gasteiger partial charge in [-0.3, -0.25) is 0 Å². The maximum Gasteiger partial charge on any atom is 0.326 e. The molecular formula is C22H21FN8O. The summed E-state index contributed by atoms with van der Waals surface area (Å²) in [5, 5.41) is 8.41. The summed E-state index contributed by atoms with van der Waals surface area (Å²) >= 11 is 0. The molecule has 1 aromatic carbocycles. The minimum Gasteiger partial charge on any atom is -0.421 e. The van der Waals surface area contributed by atoms with Gasteiger partial charge in [0, 0.05) is 30.1 Å². The highest BCUT2D eigenvalue weighted by molar-refractivity contribution is 6.17. The number of hydrogen-bond donors (Lipinski definition) is 3. The summed E-state index contributed by atoms with van der Waals surface area (Å²) in [4.78, 5) is 23.6. The van der Waals surface area contributed by atoms with E-state index in [4.69, 9.17) is 9.72 Å². The van der Waals surface area contributed by atoms with Gasteiger partial charge in [0.15, 0.2) is 5.75 Å². The van der Waals surface area contributed by atoms with Gasteiger partial charge in [0.05, 0.1) is 35.0 Å². The average molecular weight is 432 g/mol. The molecule has 0 saturated carbocycles. The monoisotopic (exact) mass is 432 g/mol. The van der Waals surface area contributed by atoms with E-state index < -0.39 is 0 Å². The molecule has 32 heavy (non-hydrogen) atoms. The topological polar surface area (TPSA) is 104 Å². The first-order chi connectivity index (χ1) is 15.6. The lowest BCUT2D eigenvalue weighted by atomic mass is 9.84. The third kappa shape index (κ3) is 2.30. The van der Waals surface area contributed by atoms with Crippen LogP contribution in [0.1, 0.15) is 17.8 Å². The standard InChI is InChI=1S/C22H21FN8O/c1-9-26-7-10(8-27-9)32-22-29-20-17-16-11(12(23)6-13(24-2)18(16)28-20)5-15-19-14(3-4-25-19)31(15)21(17)30-22/h6-8,14-15,19,24-25H,3-5H2,1-2H3,(H,28,29,30). The molecule has 0 spiro atoms. The van der Waals surface area contributed by atoms with Gasteiger partial charge in [-0.05, 0) is 32.4 Å². The number of nitrogens with one attached hydrogen (secondary N) is 3. The van der Waals surface area contributed by atoms with E-state index in [1.54, 1.807) is 25.5 Å². The van der Waals surface area contributed by atoms with Crippen molar-refractivity contribution >= 4 is 33.4 Å². The van der Waals surface area contributed by atoms with Gasteiger partial charge in [-0.15, -0.1) is 0 Å². The van der Waals surface area contributed by atoms with Crippen LogP contribution in [0.4, 0.5) is 15.9 Å². The third-order valence-electron chi connectivity index (χ3n) is 7.00. The number of benzene rings is 1. The molecule has 3 atom stereocenters. The maximum absolute atomic E-state index is 15.3. The van der Waals surface area contributed by atoms with Gasteiger partial charge in [-0.1, -0.05) is 0 Å². The first-order valence-electron chi connectivity index (χ1n) is 10.8. The number of anilines is 2. The van der Waals surface area contributed by atoms with Crippen molar-refractivity contribution in [1.82, 2.24) is 30.2 Å². The van der Waals surface area contributed by atoms with E-state index in [1.807, 2.05) is 6.92 Å². The van der Waals surface area contributed by atoms with E-state index in [9.17, 15) is 0 Å². The molecule has 3 unspecified atom stereocenters. The largest absolute Gasteiger partial charge is 0.421 e. The van der Waals surface area contributed by atoms with E-state index in [-0.39, 0.29) is 17.9 Å². The minimum absolute atomic E-state index is 0.140. The zero-order chi connectivity index (χ0) is 21.6. The van der Waals surface area contributed by atoms with Crippen LogP contribution in [-0.4, -0.2) is 56.6 Å². The van der Waals surface area contributed by atoms with Gasteiger partial charge in [0.2, 0.25) is 0 Å². The average Bonchev–Trinajstić information content (AvgIpc) is 3.33. The Bertz CT molecular complexity index is 1400. The van der Waals surface area contributed by atoms with Crippen LogP contribution in [0.2, 0.25) is 0 Å². The van der Waals surface area contributed by atoms with Crippen molar-refractivity contribution in [2.75, 3.05) is 23.8 Å². The Labute approximate surface area is 182 Å². The van der Waals surface area contributed by atoms with Gasteiger partial charge < -0.3 is 25.3 Å². The number of fused-ring (bicyclic) bond motifs is 5. The Morgan fingerprint density at radius 3 is 2.84 bits per heavy atom. The fourth-order valence-electron chi connectivity index (χ4n) is 5.62. The number of hydrogen-bond acceptors (Lipinski definition) is 8. The first-order valence-corrected chi connectivity index (χ1v) is 10.8. The predicted octanol–water partition coefficient (Wildman–Crippen LogP) is 2.66. The first kappa shape index (κ1) is 18.1. The summed E-state index contributed by atoms with van der Waals surface area (Å²) in [6.07, 6.45) is 4.86. The molecule has 0 radical (unpaired) electrons. The van der Waals surface area contributed by atoms with Crippen molar-refractivity contribution in [3.05, 3.63) is 35.7 Å². The quantitative estimate of drug-likeness (QED) is 0.454. The second-order valence-electron chi connectivity index (χ2n) is 8.65. The normalized spacial score (nSPS) is 23.2. The lowest BCUT2D eigenvalue weighted by Crippen LogP contribution is -2.69. The Hall–Kier alpha value is -3.53. The van der Waals surface area contributed by atoms with Crippen LogP contribution in [0, 0.1) is 12.7 Å². The van der Waals surface area contributed by atoms with E-state index in [0.29, 0.717) is 41.4 Å². The molecule has 2 saturated heterocycles. The molecule has 0 bridgehead atoms. The number of rotatable bonds is 3. The second-order valence-corrected chi connectivity index (χ2v) is 8.65. The number of aromatic amines is 1. The molecule has 9 nitrogen and oxygen atoms in total. The highest BCUT2D eigenvalue weighted by Gasteiger charge is 2.53. The molecule has 0 amide bonds. The fraction of sp³-hybridized carbons (Fsp3) is 0.364. The second kappa shape index (κ2) is 6.26. The number of nitrogens with zero attached hydrogens (tertiary/aromatic N) is 5. The van der Waals surface area contributed by atoms with Crippen LogP contribution >= 0.6 is 0 Å². The summed E-state index contributed by atoms with van der Waals surface area (Å²) in [5.41, 5.74) is 2.88. The molecule has 4 aromatic rings. The van der Waals surface area contributed by atoms with Crippen molar-refractivity contribution < 1.29 is 9.13 Å². The number of H-pyrrole nitrogens is 1. The molecule has 3 aromatic heterocycles. The van der Waals surface area contributed by atoms with Gasteiger partial charge in [-0.2, -0.15) is 9.97 Å². The molecule has 2 fully saturated rings. The zero-order valence-corrected chi connectivity index (χ0v) is 17.6. The summed E-state index contributed by atoms with van der Waals surface area (Å²) in [6, 6.07) is 2.59. The molecular weight excluding hydrogens is 411 g/mol. The summed E-state index contributed by atoms with van der Waals surface area (Å²) in [6.45, 7) is 2.77. The Balaban J connectivity index is 1.49. The van der Waals surface area contributed by atoms with Crippen LogP contribution in [0.3, 0.4) is 0 Å². The van der Waals surface area contributed by atoms with Crippen LogP contribution < -0.4 is 20.3 Å². The zero-order valence-electron chi connectivity index (χ0n) is 17.6. The highest BCUT2D eigenvalue weighted by Crippen LogP contribution is 2.48. The number of halogens is 1. The SMILES string of the molecule is CNc1cc(F)c2c3c1[nH]c1nc(Oc4cnc(C)nc4)nc(c13)N1C3CCNC3C1C2. The van der Waals surface area contributed by atoms with Crippen molar-refractivity contribution in [3.8, 4) is 11.8 Å². The van der Waals surface area contributed by atoms with E-state index in [2.05, 4.69) is 35.5 Å². The van der Waals surface area contributed by atoms with Crippen LogP contribution in [0.5, 0.6) is 11.8 Å². The van der Waals surface area contributed by atoms with Crippen molar-refractivity contribution in [2.24, 2.45) is 0 Å². The summed E-state index contributed by atoms with van der Waals surface area (Å²) < 4.78 is 21.2. The molecule has 10 heteroatoms. The van der Waals surface area contributed by atoms with Crippen LogP contribution in [-0.2, 0) is 6.42 Å². The molecule has 0 aliphatic carbocycles. The molecule has 162 valence electrons. The Morgan fingerprint density at radius 1 is 1.19 bits per heavy atom. The van der Waals surface area contributed by atoms with E-state index in [1.165, 1.54) is 0 Å². The Kier molecular flexibility index (Phi) is 3.53. The number of ether oxygens (including phenoxy) is 1. The highest BCUT2D eigenvalue weighted by atomic mass is 19.1. The molecule has 7 rings (SSSR count). The van der Waals surface area contributed by atoms with E-state index in [0.717, 1.165) is 40.6 Å². The van der Waals surface area contributed by atoms with Gasteiger partial charge >= 0.3 is 6.01 Å². The summed E-state index contributed by atoms with van der Waals surface area (Å²) in [7, 11) is 1.79. The maximum atomic E-state index is 15.3. The van der Waals surface area contributed by atoms with Gasteiger partial charge in [0.25, 0.3) is 0 Å². The fourth-order valence-corrected chi connectivity index (χ4v) is 5.62. The third-order valence-corrected chi connectivity index (χ3v) is 7.00. The Morgan fingerprint density at radius 2 is 2.03 bits per heavy atom. The molecule has 6 heterocycles. The van der Waals surface area contributed by atoms with Crippen LogP contribution in [0.25, 0.3) is 21.9 Å². The lowest BCUT2D eigenvalue weighted by molar-refractivity contribution is 0.284. The van der Waals surface area contributed by atoms with Crippen LogP contribution in [0.15, 0.2) is 18.5 Å². The van der Waals surface area contributed by atoms with Gasteiger partial charge in [-0.25, -0.2) is 14.4 Å².